The van der Waals surface area contributed by atoms with E-state index < -0.39 is 6.10 Å². The van der Waals surface area contributed by atoms with Crippen molar-refractivity contribution in [1.82, 2.24) is 15.5 Å². The molecule has 244 valence electrons. The Morgan fingerprint density at radius 1 is 1.14 bits per heavy atom. The van der Waals surface area contributed by atoms with E-state index in [1.807, 2.05) is 38.1 Å². The van der Waals surface area contributed by atoms with Gasteiger partial charge < -0.3 is 34.6 Å². The van der Waals surface area contributed by atoms with Crippen molar-refractivity contribution >= 4 is 18.2 Å². The Hall–Kier alpha value is -3.05. The molecule has 0 radical (unpaired) electrons. The maximum atomic E-state index is 12.3. The van der Waals surface area contributed by atoms with Gasteiger partial charge in [-0.3, -0.25) is 26.1 Å². The fourth-order valence-electron chi connectivity index (χ4n) is 3.91. The number of likely N-dealkylation sites (tertiary alicyclic amines) is 1. The molecule has 12 heteroatoms. The molecule has 1 aliphatic heterocycles. The molecular weight excluding hydrogens is 552 g/mol. The van der Waals surface area contributed by atoms with Crippen molar-refractivity contribution in [2.75, 3.05) is 73.7 Å². The van der Waals surface area contributed by atoms with E-state index in [2.05, 4.69) is 49.4 Å². The van der Waals surface area contributed by atoms with Crippen molar-refractivity contribution in [3.05, 3.63) is 35.4 Å². The fourth-order valence-corrected chi connectivity index (χ4v) is 3.91. The molecule has 1 atom stereocenters. The van der Waals surface area contributed by atoms with Crippen LogP contribution in [0.15, 0.2) is 24.3 Å². The second kappa shape index (κ2) is 22.5. The van der Waals surface area contributed by atoms with E-state index in [9.17, 15) is 19.5 Å². The second-order valence-corrected chi connectivity index (χ2v) is 12.1. The number of aliphatic hydroxyl groups is 1. The van der Waals surface area contributed by atoms with E-state index in [1.165, 1.54) is 0 Å². The number of ether oxygens (including phenoxy) is 2. The fraction of sp³-hybridized carbons (Fsp3) is 0.645. The first-order chi connectivity index (χ1) is 20.3. The molecule has 3 amide bonds. The molecule has 0 saturated carbocycles. The maximum Gasteiger partial charge on any atom is 0.223 e. The van der Waals surface area contributed by atoms with Crippen LogP contribution in [0.5, 0.6) is 0 Å². The SMILES string of the molecule is C#Cc1ccc(CNC=O)cc1.CC(C)(CCNC(=O)CCOCCOCC[N+](C)(C)C)CC(=O)N1CCC(O)C1.NN. The molecule has 1 aromatic rings. The molecule has 1 aliphatic rings. The third kappa shape index (κ3) is 21.3. The molecule has 1 aromatic carbocycles. The smallest absolute Gasteiger partial charge is 0.223 e. The number of β-amino-alcohol motifs (C(OH)–C–C–N with tert-alkyl or cyclic N) is 1. The van der Waals surface area contributed by atoms with Crippen molar-refractivity contribution in [2.45, 2.75) is 52.2 Å². The monoisotopic (exact) mass is 607 g/mol. The van der Waals surface area contributed by atoms with Crippen molar-refractivity contribution in [3.63, 3.8) is 0 Å². The van der Waals surface area contributed by atoms with E-state index in [4.69, 9.17) is 15.9 Å². The topological polar surface area (TPSA) is 169 Å². The van der Waals surface area contributed by atoms with Crippen LogP contribution in [0, 0.1) is 17.8 Å². The van der Waals surface area contributed by atoms with Crippen molar-refractivity contribution < 1.29 is 33.4 Å². The quantitative estimate of drug-likeness (QED) is 0.0422. The Labute approximate surface area is 258 Å². The highest BCUT2D eigenvalue weighted by Crippen LogP contribution is 2.26. The molecular formula is C31H55N6O6+. The van der Waals surface area contributed by atoms with Crippen LogP contribution in [0.3, 0.4) is 0 Å². The van der Waals surface area contributed by atoms with Crippen LogP contribution in [0.25, 0.3) is 0 Å². The van der Waals surface area contributed by atoms with Crippen molar-refractivity contribution in [3.8, 4) is 12.3 Å². The van der Waals surface area contributed by atoms with E-state index in [-0.39, 0.29) is 17.2 Å². The Bertz CT molecular complexity index is 959. The third-order valence-corrected chi connectivity index (χ3v) is 6.53. The highest BCUT2D eigenvalue weighted by molar-refractivity contribution is 5.77. The molecule has 0 spiro atoms. The zero-order valence-corrected chi connectivity index (χ0v) is 26.8. The zero-order valence-electron chi connectivity index (χ0n) is 26.8. The molecule has 1 fully saturated rings. The van der Waals surface area contributed by atoms with Gasteiger partial charge in [0.15, 0.2) is 0 Å². The summed E-state index contributed by atoms with van der Waals surface area (Å²) in [6, 6.07) is 7.49. The summed E-state index contributed by atoms with van der Waals surface area (Å²) >= 11 is 0. The number of carbonyl (C=O) groups excluding carboxylic acids is 3. The Morgan fingerprint density at radius 2 is 1.77 bits per heavy atom. The number of nitrogens with zero attached hydrogens (tertiary/aromatic N) is 2. The minimum atomic E-state index is -0.391. The summed E-state index contributed by atoms with van der Waals surface area (Å²) < 4.78 is 11.8. The predicted molar refractivity (Wildman–Crippen MR) is 168 cm³/mol. The van der Waals surface area contributed by atoms with Crippen molar-refractivity contribution in [2.24, 2.45) is 17.1 Å². The lowest BCUT2D eigenvalue weighted by molar-refractivity contribution is -0.870. The molecule has 0 aliphatic carbocycles. The minimum Gasteiger partial charge on any atom is -0.391 e. The minimum absolute atomic E-state index is 0.0410. The number of nitrogens with two attached hydrogens (primary N) is 2. The van der Waals surface area contributed by atoms with Gasteiger partial charge in [-0.1, -0.05) is 31.9 Å². The normalized spacial score (nSPS) is 14.4. The van der Waals surface area contributed by atoms with E-state index in [1.54, 1.807) is 4.90 Å². The number of benzene rings is 1. The van der Waals surface area contributed by atoms with Gasteiger partial charge in [-0.05, 0) is 36.0 Å². The van der Waals surface area contributed by atoms with E-state index in [0.29, 0.717) is 78.3 Å². The number of quaternary nitrogens is 1. The van der Waals surface area contributed by atoms with Gasteiger partial charge in [0.2, 0.25) is 18.2 Å². The van der Waals surface area contributed by atoms with Crippen LogP contribution < -0.4 is 22.3 Å². The summed E-state index contributed by atoms with van der Waals surface area (Å²) in [5, 5.41) is 15.0. The van der Waals surface area contributed by atoms with Gasteiger partial charge in [-0.2, -0.15) is 0 Å². The number of hydrogen-bond donors (Lipinski definition) is 5. The molecule has 2 rings (SSSR count). The van der Waals surface area contributed by atoms with Gasteiger partial charge in [0.1, 0.15) is 6.54 Å². The van der Waals surface area contributed by atoms with Crippen LogP contribution in [-0.2, 0) is 30.4 Å². The van der Waals surface area contributed by atoms with Gasteiger partial charge in [-0.25, -0.2) is 0 Å². The molecule has 1 unspecified atom stereocenters. The predicted octanol–water partition coefficient (Wildman–Crippen LogP) is 0.364. The summed E-state index contributed by atoms with van der Waals surface area (Å²) in [6.07, 6.45) is 7.59. The number of likely N-dealkylation sites (N-methyl/N-ethyl adjacent to an activating group) is 1. The number of rotatable bonds is 17. The van der Waals surface area contributed by atoms with Crippen LogP contribution >= 0.6 is 0 Å². The largest absolute Gasteiger partial charge is 0.391 e. The highest BCUT2D eigenvalue weighted by Gasteiger charge is 2.29. The van der Waals surface area contributed by atoms with Gasteiger partial charge in [-0.15, -0.1) is 6.42 Å². The number of amides is 3. The van der Waals surface area contributed by atoms with E-state index in [0.717, 1.165) is 28.6 Å². The van der Waals surface area contributed by atoms with Gasteiger partial charge in [0, 0.05) is 44.6 Å². The molecule has 1 saturated heterocycles. The number of hydrogen-bond acceptors (Lipinski definition) is 8. The summed E-state index contributed by atoms with van der Waals surface area (Å²) in [7, 11) is 6.36. The number of hydrazine groups is 1. The Morgan fingerprint density at radius 3 is 2.30 bits per heavy atom. The second-order valence-electron chi connectivity index (χ2n) is 12.1. The summed E-state index contributed by atoms with van der Waals surface area (Å²) in [5.41, 5.74) is 1.70. The highest BCUT2D eigenvalue weighted by atomic mass is 16.5. The number of carbonyl (C=O) groups is 3. The number of aliphatic hydroxyl groups excluding tert-OH is 1. The summed E-state index contributed by atoms with van der Waals surface area (Å²) in [5.74, 6) is 10.6. The Kier molecular flexibility index (Phi) is 20.9. The van der Waals surface area contributed by atoms with Crippen LogP contribution in [0.2, 0.25) is 0 Å². The maximum absolute atomic E-state index is 12.3. The van der Waals surface area contributed by atoms with Gasteiger partial charge >= 0.3 is 0 Å². The number of nitrogens with one attached hydrogen (secondary N) is 2. The van der Waals surface area contributed by atoms with Crippen LogP contribution in [0.4, 0.5) is 0 Å². The summed E-state index contributed by atoms with van der Waals surface area (Å²) in [4.78, 5) is 35.9. The van der Waals surface area contributed by atoms with Crippen molar-refractivity contribution in [1.29, 1.82) is 0 Å². The molecule has 0 aromatic heterocycles. The lowest BCUT2D eigenvalue weighted by Gasteiger charge is -2.27. The first kappa shape index (κ1) is 40.0. The van der Waals surface area contributed by atoms with Gasteiger partial charge in [0.05, 0.1) is 53.7 Å². The average molecular weight is 608 g/mol. The first-order valence-electron chi connectivity index (χ1n) is 14.6. The zero-order chi connectivity index (χ0) is 32.7. The molecule has 1 heterocycles. The molecule has 12 nitrogen and oxygen atoms in total. The summed E-state index contributed by atoms with van der Waals surface area (Å²) in [6.45, 7) is 9.28. The van der Waals surface area contributed by atoms with Crippen LogP contribution in [0.1, 0.15) is 50.7 Å². The molecule has 7 N–H and O–H groups in total. The lowest BCUT2D eigenvalue weighted by Crippen LogP contribution is -2.37. The molecule has 43 heavy (non-hydrogen) atoms. The lowest BCUT2D eigenvalue weighted by atomic mass is 9.85. The molecule has 0 bridgehead atoms. The standard InChI is InChI=1S/C21H41N3O5.C10H9NO.H4N2/c1-21(2,16-20(27)23-10-6-18(25)17-23)8-9-22-19(26)7-12-28-14-15-29-13-11-24(3,4)5;1-2-9-3-5-10(6-4-9)7-11-8-12;1-2/h18,25H,6-17H2,1-5H3;1,3-6,8H,7H2,(H,11,12);1-2H2/p+1. The van der Waals surface area contributed by atoms with Crippen LogP contribution in [-0.4, -0.2) is 113 Å². The number of terminal acetylenes is 1. The Balaban J connectivity index is 0.00000104. The van der Waals surface area contributed by atoms with E-state index >= 15 is 0 Å². The third-order valence-electron chi connectivity index (χ3n) is 6.53. The van der Waals surface area contributed by atoms with Gasteiger partial charge in [0.25, 0.3) is 0 Å². The average Bonchev–Trinajstić information content (AvgIpc) is 3.40. The first-order valence-corrected chi connectivity index (χ1v) is 14.6.